The summed E-state index contributed by atoms with van der Waals surface area (Å²) in [4.78, 5) is 14.5. The van der Waals surface area contributed by atoms with Gasteiger partial charge in [0.2, 0.25) is 6.08 Å². The van der Waals surface area contributed by atoms with E-state index in [1.165, 1.54) is 5.56 Å². The van der Waals surface area contributed by atoms with Crippen LogP contribution in [0.15, 0.2) is 23.2 Å². The summed E-state index contributed by atoms with van der Waals surface area (Å²) in [6.07, 6.45) is 6.19. The van der Waals surface area contributed by atoms with E-state index in [1.54, 1.807) is 6.08 Å². The highest BCUT2D eigenvalue weighted by molar-refractivity contribution is 5.48. The van der Waals surface area contributed by atoms with Crippen molar-refractivity contribution in [2.75, 3.05) is 0 Å². The van der Waals surface area contributed by atoms with Crippen LogP contribution in [0.4, 0.5) is 0 Å². The van der Waals surface area contributed by atoms with E-state index in [4.69, 9.17) is 4.74 Å². The van der Waals surface area contributed by atoms with Gasteiger partial charge in [0.1, 0.15) is 11.3 Å². The van der Waals surface area contributed by atoms with Crippen LogP contribution in [0.1, 0.15) is 36.8 Å². The number of rotatable bonds is 4. The second-order valence-electron chi connectivity index (χ2n) is 5.05. The van der Waals surface area contributed by atoms with Crippen molar-refractivity contribution >= 4 is 6.08 Å². The Labute approximate surface area is 101 Å². The lowest BCUT2D eigenvalue weighted by molar-refractivity contribution is 0.297. The molecule has 3 rings (SSSR count). The monoisotopic (exact) mass is 229 g/mol. The van der Waals surface area contributed by atoms with Crippen LogP contribution in [0.2, 0.25) is 0 Å². The van der Waals surface area contributed by atoms with Gasteiger partial charge in [-0.25, -0.2) is 4.79 Å². The predicted octanol–water partition coefficient (Wildman–Crippen LogP) is 2.86. The van der Waals surface area contributed by atoms with Crippen molar-refractivity contribution in [2.24, 2.45) is 4.99 Å². The Bertz CT molecular complexity index is 495. The molecule has 3 nitrogen and oxygen atoms in total. The summed E-state index contributed by atoms with van der Waals surface area (Å²) in [6, 6.07) is 6.14. The van der Waals surface area contributed by atoms with Gasteiger partial charge < -0.3 is 4.74 Å². The first kappa shape index (κ1) is 10.5. The molecule has 0 unspecified atom stereocenters. The van der Waals surface area contributed by atoms with Gasteiger partial charge in [-0.1, -0.05) is 11.6 Å². The maximum Gasteiger partial charge on any atom is 0.235 e. The Balaban J connectivity index is 2.00. The Hall–Kier alpha value is -1.60. The molecule has 2 fully saturated rings. The van der Waals surface area contributed by atoms with Crippen LogP contribution in [0.5, 0.6) is 5.75 Å². The molecule has 0 heterocycles. The quantitative estimate of drug-likeness (QED) is 0.588. The van der Waals surface area contributed by atoms with Gasteiger partial charge in [0.05, 0.1) is 6.10 Å². The number of hydrogen-bond acceptors (Lipinski definition) is 3. The summed E-state index contributed by atoms with van der Waals surface area (Å²) >= 11 is 0. The van der Waals surface area contributed by atoms with E-state index in [2.05, 4.69) is 11.1 Å². The van der Waals surface area contributed by atoms with Crippen LogP contribution < -0.4 is 4.74 Å². The van der Waals surface area contributed by atoms with Gasteiger partial charge in [-0.05, 0) is 44.7 Å². The highest BCUT2D eigenvalue weighted by Gasteiger charge is 2.47. The van der Waals surface area contributed by atoms with Crippen molar-refractivity contribution < 1.29 is 9.53 Å². The highest BCUT2D eigenvalue weighted by atomic mass is 16.5. The van der Waals surface area contributed by atoms with Crippen molar-refractivity contribution in [1.29, 1.82) is 0 Å². The molecule has 3 heteroatoms. The summed E-state index contributed by atoms with van der Waals surface area (Å²) in [7, 11) is 0. The van der Waals surface area contributed by atoms with Crippen molar-refractivity contribution in [1.82, 2.24) is 0 Å². The zero-order valence-corrected chi connectivity index (χ0v) is 9.90. The molecule has 0 N–H and O–H groups in total. The zero-order valence-electron chi connectivity index (χ0n) is 9.90. The molecule has 2 aliphatic carbocycles. The average molecular weight is 229 g/mol. The second-order valence-corrected chi connectivity index (χ2v) is 5.05. The minimum atomic E-state index is -0.335. The van der Waals surface area contributed by atoms with Gasteiger partial charge in [-0.15, -0.1) is 0 Å². The van der Waals surface area contributed by atoms with E-state index >= 15 is 0 Å². The van der Waals surface area contributed by atoms with Gasteiger partial charge in [-0.2, -0.15) is 4.99 Å². The third-order valence-electron chi connectivity index (χ3n) is 3.44. The van der Waals surface area contributed by atoms with Crippen LogP contribution >= 0.6 is 0 Å². The van der Waals surface area contributed by atoms with E-state index in [1.807, 2.05) is 19.1 Å². The molecule has 0 atom stereocenters. The summed E-state index contributed by atoms with van der Waals surface area (Å²) in [6.45, 7) is 2.05. The lowest BCUT2D eigenvalue weighted by atomic mass is 10.0. The van der Waals surface area contributed by atoms with Gasteiger partial charge in [-0.3, -0.25) is 0 Å². The van der Waals surface area contributed by atoms with Gasteiger partial charge in [0.25, 0.3) is 0 Å². The summed E-state index contributed by atoms with van der Waals surface area (Å²) in [5.74, 6) is 0.898. The number of benzene rings is 1. The molecular weight excluding hydrogens is 214 g/mol. The molecule has 17 heavy (non-hydrogen) atoms. The molecule has 0 radical (unpaired) electrons. The van der Waals surface area contributed by atoms with Crippen molar-refractivity contribution in [3.05, 3.63) is 29.3 Å². The molecule has 2 aliphatic rings. The average Bonchev–Trinajstić information content (AvgIpc) is 3.17. The fourth-order valence-corrected chi connectivity index (χ4v) is 2.12. The standard InChI is InChI=1S/C14H15NO2/c1-10-2-5-13(17-11-3-4-11)12(8-10)14(6-7-14)15-9-16/h2,5,8,11H,3-4,6-7H2,1H3. The lowest BCUT2D eigenvalue weighted by Crippen LogP contribution is -2.08. The SMILES string of the molecule is Cc1ccc(OC2CC2)c(C2(N=C=O)CC2)c1. The highest BCUT2D eigenvalue weighted by Crippen LogP contribution is 2.53. The molecular formula is C14H15NO2. The molecule has 2 saturated carbocycles. The number of nitrogens with zero attached hydrogens (tertiary/aromatic N) is 1. The summed E-state index contributed by atoms with van der Waals surface area (Å²) < 4.78 is 5.89. The Kier molecular flexibility index (Phi) is 2.30. The van der Waals surface area contributed by atoms with Crippen LogP contribution in [-0.4, -0.2) is 12.2 Å². The predicted molar refractivity (Wildman–Crippen MR) is 63.9 cm³/mol. The van der Waals surface area contributed by atoms with E-state index in [9.17, 15) is 4.79 Å². The molecule has 0 saturated heterocycles. The number of aryl methyl sites for hydroxylation is 1. The van der Waals surface area contributed by atoms with Gasteiger partial charge >= 0.3 is 0 Å². The molecule has 0 amide bonds. The third-order valence-corrected chi connectivity index (χ3v) is 3.44. The van der Waals surface area contributed by atoms with Crippen LogP contribution in [-0.2, 0) is 10.3 Å². The molecule has 0 aliphatic heterocycles. The van der Waals surface area contributed by atoms with Gasteiger partial charge in [0.15, 0.2) is 0 Å². The van der Waals surface area contributed by atoms with Gasteiger partial charge in [0, 0.05) is 5.56 Å². The number of isocyanates is 1. The second kappa shape index (κ2) is 3.71. The Morgan fingerprint density at radius 1 is 1.41 bits per heavy atom. The van der Waals surface area contributed by atoms with Crippen LogP contribution in [0.25, 0.3) is 0 Å². The van der Waals surface area contributed by atoms with Crippen LogP contribution in [0.3, 0.4) is 0 Å². The maximum absolute atomic E-state index is 10.5. The number of aliphatic imine (C=N–C) groups is 1. The Morgan fingerprint density at radius 3 is 2.76 bits per heavy atom. The number of hydrogen-bond donors (Lipinski definition) is 0. The van der Waals surface area contributed by atoms with Crippen molar-refractivity contribution in [2.45, 2.75) is 44.2 Å². The largest absolute Gasteiger partial charge is 0.490 e. The van der Waals surface area contributed by atoms with E-state index < -0.39 is 0 Å². The smallest absolute Gasteiger partial charge is 0.235 e. The summed E-state index contributed by atoms with van der Waals surface area (Å²) in [5, 5.41) is 0. The fraction of sp³-hybridized carbons (Fsp3) is 0.500. The summed E-state index contributed by atoms with van der Waals surface area (Å²) in [5.41, 5.74) is 1.90. The van der Waals surface area contributed by atoms with E-state index in [0.717, 1.165) is 37.0 Å². The third kappa shape index (κ3) is 1.98. The fourth-order valence-electron chi connectivity index (χ4n) is 2.12. The molecule has 0 spiro atoms. The molecule has 1 aromatic carbocycles. The first-order chi connectivity index (χ1) is 8.23. The van der Waals surface area contributed by atoms with Crippen molar-refractivity contribution in [3.63, 3.8) is 0 Å². The first-order valence-corrected chi connectivity index (χ1v) is 6.10. The minimum Gasteiger partial charge on any atom is -0.490 e. The van der Waals surface area contributed by atoms with Crippen molar-refractivity contribution in [3.8, 4) is 5.75 Å². The van der Waals surface area contributed by atoms with E-state index in [0.29, 0.717) is 6.10 Å². The lowest BCUT2D eigenvalue weighted by Gasteiger charge is -2.15. The maximum atomic E-state index is 10.5. The topological polar surface area (TPSA) is 38.7 Å². The number of carbonyl (C=O) groups excluding carboxylic acids is 1. The molecule has 88 valence electrons. The van der Waals surface area contributed by atoms with E-state index in [-0.39, 0.29) is 5.54 Å². The first-order valence-electron chi connectivity index (χ1n) is 6.10. The number of ether oxygens (including phenoxy) is 1. The minimum absolute atomic E-state index is 0.335. The normalized spacial score (nSPS) is 20.5. The molecule has 0 aromatic heterocycles. The van der Waals surface area contributed by atoms with Crippen LogP contribution in [0, 0.1) is 6.92 Å². The zero-order chi connectivity index (χ0) is 11.9. The molecule has 1 aromatic rings. The molecule has 0 bridgehead atoms. The Morgan fingerprint density at radius 2 is 2.18 bits per heavy atom.